The van der Waals surface area contributed by atoms with Crippen LogP contribution in [-0.4, -0.2) is 49.5 Å². The van der Waals surface area contributed by atoms with E-state index in [9.17, 15) is 14.7 Å². The summed E-state index contributed by atoms with van der Waals surface area (Å²) >= 11 is 0. The van der Waals surface area contributed by atoms with E-state index in [4.69, 9.17) is 18.9 Å². The van der Waals surface area contributed by atoms with Crippen LogP contribution in [0.4, 0.5) is 4.79 Å². The maximum absolute atomic E-state index is 12.3. The summed E-state index contributed by atoms with van der Waals surface area (Å²) in [6.45, 7) is 6.18. The van der Waals surface area contributed by atoms with Gasteiger partial charge in [0.25, 0.3) is 0 Å². The van der Waals surface area contributed by atoms with Crippen LogP contribution in [0.5, 0.6) is 11.5 Å². The first kappa shape index (κ1) is 26.4. The molecule has 8 nitrogen and oxygen atoms in total. The van der Waals surface area contributed by atoms with E-state index in [1.807, 2.05) is 39.0 Å². The Balaban J connectivity index is 1.55. The number of alkyl carbamates (subject to hydrolysis) is 1. The van der Waals surface area contributed by atoms with Gasteiger partial charge in [0.15, 0.2) is 0 Å². The van der Waals surface area contributed by atoms with Crippen LogP contribution >= 0.6 is 0 Å². The summed E-state index contributed by atoms with van der Waals surface area (Å²) in [7, 11) is 1.60. The van der Waals surface area contributed by atoms with Crippen molar-refractivity contribution in [2.45, 2.75) is 44.5 Å². The van der Waals surface area contributed by atoms with Crippen LogP contribution in [-0.2, 0) is 15.1 Å². The van der Waals surface area contributed by atoms with E-state index in [-0.39, 0.29) is 6.10 Å². The van der Waals surface area contributed by atoms with Crippen LogP contribution in [0.2, 0.25) is 0 Å². The van der Waals surface area contributed by atoms with Crippen LogP contribution in [0.1, 0.15) is 48.7 Å². The van der Waals surface area contributed by atoms with Gasteiger partial charge in [0.05, 0.1) is 18.6 Å². The highest BCUT2D eigenvalue weighted by atomic mass is 16.6. The van der Waals surface area contributed by atoms with E-state index in [0.29, 0.717) is 53.5 Å². The van der Waals surface area contributed by atoms with Crippen LogP contribution in [0, 0.1) is 5.92 Å². The molecule has 2 aliphatic rings. The first-order valence-electron chi connectivity index (χ1n) is 12.3. The van der Waals surface area contributed by atoms with Crippen molar-refractivity contribution in [1.29, 1.82) is 0 Å². The molecule has 0 bridgehead atoms. The molecule has 3 unspecified atom stereocenters. The molecule has 0 spiro atoms. The van der Waals surface area contributed by atoms with E-state index in [2.05, 4.69) is 5.32 Å². The van der Waals surface area contributed by atoms with Crippen LogP contribution in [0.3, 0.4) is 0 Å². The monoisotopic (exact) mass is 507 g/mol. The molecule has 2 aromatic rings. The predicted octanol–water partition coefficient (Wildman–Crippen LogP) is 4.51. The van der Waals surface area contributed by atoms with E-state index < -0.39 is 23.2 Å². The van der Waals surface area contributed by atoms with Crippen LogP contribution < -0.4 is 14.8 Å². The van der Waals surface area contributed by atoms with E-state index in [1.165, 1.54) is 0 Å². The topological polar surface area (TPSA) is 103 Å². The molecule has 1 amide bonds. The Kier molecular flexibility index (Phi) is 7.71. The van der Waals surface area contributed by atoms with Crippen molar-refractivity contribution in [3.63, 3.8) is 0 Å². The first-order chi connectivity index (χ1) is 17.7. The number of fused-ring (bicyclic) bond motifs is 2. The van der Waals surface area contributed by atoms with Gasteiger partial charge in [-0.1, -0.05) is 36.4 Å². The molecule has 37 heavy (non-hydrogen) atoms. The van der Waals surface area contributed by atoms with E-state index in [1.54, 1.807) is 49.6 Å². The summed E-state index contributed by atoms with van der Waals surface area (Å²) in [6.07, 6.45) is 6.09. The van der Waals surface area contributed by atoms with Gasteiger partial charge in [0, 0.05) is 30.8 Å². The molecular weight excluding hydrogens is 474 g/mol. The second-order valence-electron chi connectivity index (χ2n) is 9.99. The number of nitrogens with one attached hydrogen (secondary N) is 1. The fraction of sp³-hybridized carbons (Fsp3) is 0.379. The molecule has 0 radical (unpaired) electrons. The molecule has 196 valence electrons. The number of aldehydes is 1. The van der Waals surface area contributed by atoms with Crippen molar-refractivity contribution in [3.05, 3.63) is 83.1 Å². The van der Waals surface area contributed by atoms with Crippen molar-refractivity contribution in [2.24, 2.45) is 5.92 Å². The van der Waals surface area contributed by atoms with Crippen molar-refractivity contribution in [1.82, 2.24) is 5.32 Å². The average molecular weight is 508 g/mol. The lowest BCUT2D eigenvalue weighted by Crippen LogP contribution is -2.43. The van der Waals surface area contributed by atoms with Gasteiger partial charge < -0.3 is 29.4 Å². The van der Waals surface area contributed by atoms with Crippen molar-refractivity contribution in [2.75, 3.05) is 20.3 Å². The Morgan fingerprint density at radius 1 is 1.16 bits per heavy atom. The molecule has 0 aromatic heterocycles. The fourth-order valence-electron chi connectivity index (χ4n) is 4.54. The molecular formula is C29H33NO7. The normalized spacial score (nSPS) is 22.1. The van der Waals surface area contributed by atoms with Gasteiger partial charge in [-0.25, -0.2) is 4.79 Å². The van der Waals surface area contributed by atoms with Gasteiger partial charge in [-0.15, -0.1) is 0 Å². The number of rotatable bonds is 8. The predicted molar refractivity (Wildman–Crippen MR) is 138 cm³/mol. The smallest absolute Gasteiger partial charge is 0.407 e. The Morgan fingerprint density at radius 2 is 1.95 bits per heavy atom. The third-order valence-corrected chi connectivity index (χ3v) is 6.20. The lowest BCUT2D eigenvalue weighted by Gasteiger charge is -2.43. The number of methoxy groups -OCH3 is 1. The van der Waals surface area contributed by atoms with Crippen molar-refractivity contribution in [3.8, 4) is 11.5 Å². The molecule has 1 aliphatic carbocycles. The zero-order valence-corrected chi connectivity index (χ0v) is 21.5. The van der Waals surface area contributed by atoms with Gasteiger partial charge in [-0.05, 0) is 51.0 Å². The summed E-state index contributed by atoms with van der Waals surface area (Å²) in [5.41, 5.74) is -0.667. The first-order valence-corrected chi connectivity index (χ1v) is 12.3. The highest BCUT2D eigenvalue weighted by Gasteiger charge is 2.49. The Hall–Kier alpha value is -3.62. The minimum Gasteiger partial charge on any atom is -0.493 e. The number of amides is 1. The summed E-state index contributed by atoms with van der Waals surface area (Å²) in [5, 5.41) is 15.0. The number of hydrogen-bond donors (Lipinski definition) is 2. The lowest BCUT2D eigenvalue weighted by atomic mass is 9.70. The molecule has 1 aliphatic heterocycles. The number of ether oxygens (including phenoxy) is 4. The average Bonchev–Trinajstić information content (AvgIpc) is 2.87. The molecule has 4 rings (SSSR count). The summed E-state index contributed by atoms with van der Waals surface area (Å²) in [4.78, 5) is 23.7. The number of aliphatic hydroxyl groups is 1. The second-order valence-corrected chi connectivity index (χ2v) is 9.99. The van der Waals surface area contributed by atoms with E-state index >= 15 is 0 Å². The SMILES string of the molecule is COC1C=CC2C(=C1)Oc1cc(OCCCNC(=O)OC(C)(C)C)ccc1C2(O)c1ccccc1C=O. The second kappa shape index (κ2) is 10.8. The van der Waals surface area contributed by atoms with Gasteiger partial charge >= 0.3 is 6.09 Å². The number of carbonyl (C=O) groups excluding carboxylic acids is 2. The molecule has 8 heteroatoms. The zero-order valence-electron chi connectivity index (χ0n) is 21.5. The fourth-order valence-corrected chi connectivity index (χ4v) is 4.54. The lowest BCUT2D eigenvalue weighted by molar-refractivity contribution is 0.0169. The molecule has 2 aromatic carbocycles. The highest BCUT2D eigenvalue weighted by molar-refractivity contribution is 5.79. The van der Waals surface area contributed by atoms with Gasteiger partial charge in [0.1, 0.15) is 34.7 Å². The quantitative estimate of drug-likeness (QED) is 0.308. The largest absolute Gasteiger partial charge is 0.493 e. The Bertz CT molecular complexity index is 1210. The standard InChI is InChI=1S/C29H33NO7/c1-28(2,3)37-27(32)30-14-7-15-35-21-11-13-24-26(17-21)36-25-16-20(34-4)10-12-23(25)29(24,33)22-9-6-5-8-19(22)18-31/h5-6,8-13,16-18,20,23,33H,7,14-15H2,1-4H3,(H,30,32). The van der Waals surface area contributed by atoms with Gasteiger partial charge in [-0.3, -0.25) is 4.79 Å². The molecule has 0 fully saturated rings. The van der Waals surface area contributed by atoms with Crippen molar-refractivity contribution >= 4 is 12.4 Å². The molecule has 0 saturated heterocycles. The van der Waals surface area contributed by atoms with Crippen molar-refractivity contribution < 1.29 is 33.6 Å². The van der Waals surface area contributed by atoms with Gasteiger partial charge in [-0.2, -0.15) is 0 Å². The minimum atomic E-state index is -1.54. The van der Waals surface area contributed by atoms with Gasteiger partial charge in [0.2, 0.25) is 0 Å². The third kappa shape index (κ3) is 5.70. The maximum atomic E-state index is 12.3. The molecule has 1 heterocycles. The van der Waals surface area contributed by atoms with E-state index in [0.717, 1.165) is 6.29 Å². The molecule has 0 saturated carbocycles. The third-order valence-electron chi connectivity index (χ3n) is 6.20. The molecule has 2 N–H and O–H groups in total. The zero-order chi connectivity index (χ0) is 26.6. The summed E-state index contributed by atoms with van der Waals surface area (Å²) < 4.78 is 22.8. The van der Waals surface area contributed by atoms with Crippen LogP contribution in [0.15, 0.2) is 66.5 Å². The van der Waals surface area contributed by atoms with Crippen LogP contribution in [0.25, 0.3) is 0 Å². The Morgan fingerprint density at radius 3 is 2.68 bits per heavy atom. The number of benzene rings is 2. The molecule has 3 atom stereocenters. The number of hydrogen-bond acceptors (Lipinski definition) is 7. The summed E-state index contributed by atoms with van der Waals surface area (Å²) in [5.74, 6) is 0.970. The minimum absolute atomic E-state index is 0.296. The number of carbonyl (C=O) groups is 2. The maximum Gasteiger partial charge on any atom is 0.407 e. The summed E-state index contributed by atoms with van der Waals surface area (Å²) in [6, 6.07) is 12.3. The Labute approximate surface area is 216 Å². The highest BCUT2D eigenvalue weighted by Crippen LogP contribution is 2.51.